The van der Waals surface area contributed by atoms with E-state index in [1.54, 1.807) is 6.92 Å². The van der Waals surface area contributed by atoms with Gasteiger partial charge in [-0.15, -0.1) is 0 Å². The van der Waals surface area contributed by atoms with Crippen molar-refractivity contribution >= 4 is 5.69 Å². The summed E-state index contributed by atoms with van der Waals surface area (Å²) in [4.78, 5) is 1.97. The molecule has 2 atom stereocenters. The maximum atomic E-state index is 13.0. The lowest BCUT2D eigenvalue weighted by molar-refractivity contribution is -0.137. The maximum absolute atomic E-state index is 13.0. The Hall–Kier alpha value is -1.97. The van der Waals surface area contributed by atoms with Crippen molar-refractivity contribution in [1.29, 1.82) is 0 Å². The van der Waals surface area contributed by atoms with Crippen LogP contribution in [0.2, 0.25) is 0 Å². The predicted molar refractivity (Wildman–Crippen MR) is 85.5 cm³/mol. The fourth-order valence-corrected chi connectivity index (χ4v) is 3.60. The molecule has 1 aliphatic carbocycles. The van der Waals surface area contributed by atoms with Crippen LogP contribution in [-0.4, -0.2) is 7.05 Å². The van der Waals surface area contributed by atoms with E-state index in [4.69, 9.17) is 0 Å². The summed E-state index contributed by atoms with van der Waals surface area (Å²) in [6, 6.07) is 13.3. The highest BCUT2D eigenvalue weighted by molar-refractivity contribution is 5.57. The van der Waals surface area contributed by atoms with Gasteiger partial charge in [-0.05, 0) is 54.2 Å². The van der Waals surface area contributed by atoms with Crippen molar-refractivity contribution in [2.75, 3.05) is 11.9 Å². The highest BCUT2D eigenvalue weighted by Crippen LogP contribution is 2.43. The molecule has 0 heterocycles. The van der Waals surface area contributed by atoms with Crippen LogP contribution in [-0.2, 0) is 12.6 Å². The van der Waals surface area contributed by atoms with Crippen LogP contribution in [0.15, 0.2) is 36.4 Å². The molecule has 0 saturated heterocycles. The number of anilines is 1. The SMILES string of the molecule is Cc1[c]cc(C(F)(F)F)cc1N(C)C1c2ccccc2CC1C. The van der Waals surface area contributed by atoms with E-state index in [2.05, 4.69) is 25.1 Å². The molecule has 0 fully saturated rings. The van der Waals surface area contributed by atoms with Gasteiger partial charge < -0.3 is 4.90 Å². The Morgan fingerprint density at radius 1 is 1.22 bits per heavy atom. The Bertz CT molecular complexity index is 721. The molecular formula is C19H19F3N. The number of fused-ring (bicyclic) bond motifs is 1. The molecule has 1 aliphatic rings. The number of hydrogen-bond donors (Lipinski definition) is 0. The molecule has 2 aromatic carbocycles. The topological polar surface area (TPSA) is 3.24 Å². The summed E-state index contributed by atoms with van der Waals surface area (Å²) >= 11 is 0. The van der Waals surface area contributed by atoms with Gasteiger partial charge in [-0.1, -0.05) is 31.2 Å². The summed E-state index contributed by atoms with van der Waals surface area (Å²) in [6.45, 7) is 3.95. The molecular weight excluding hydrogens is 299 g/mol. The van der Waals surface area contributed by atoms with E-state index in [0.29, 0.717) is 11.6 Å². The highest BCUT2D eigenvalue weighted by Gasteiger charge is 2.35. The first-order valence-corrected chi connectivity index (χ1v) is 7.69. The minimum Gasteiger partial charge on any atom is -0.367 e. The number of nitrogens with zero attached hydrogens (tertiary/aromatic N) is 1. The molecule has 0 saturated carbocycles. The molecule has 23 heavy (non-hydrogen) atoms. The Kier molecular flexibility index (Phi) is 3.86. The number of halogens is 3. The normalized spacial score (nSPS) is 20.4. The van der Waals surface area contributed by atoms with Crippen molar-refractivity contribution in [3.05, 3.63) is 64.7 Å². The second kappa shape index (κ2) is 5.59. The summed E-state index contributed by atoms with van der Waals surface area (Å²) in [5, 5.41) is 0. The third-order valence-electron chi connectivity index (χ3n) is 4.70. The van der Waals surface area contributed by atoms with E-state index < -0.39 is 11.7 Å². The van der Waals surface area contributed by atoms with Crippen LogP contribution in [0.3, 0.4) is 0 Å². The van der Waals surface area contributed by atoms with E-state index in [9.17, 15) is 13.2 Å². The maximum Gasteiger partial charge on any atom is 0.416 e. The van der Waals surface area contributed by atoms with Gasteiger partial charge in [0.25, 0.3) is 0 Å². The summed E-state index contributed by atoms with van der Waals surface area (Å²) in [6.07, 6.45) is -3.40. The molecule has 121 valence electrons. The van der Waals surface area contributed by atoms with E-state index in [1.165, 1.54) is 17.2 Å². The lowest BCUT2D eigenvalue weighted by Gasteiger charge is -2.32. The standard InChI is InChI=1S/C19H19F3N/c1-12-8-9-15(19(20,21)22)11-17(12)23(3)18-13(2)10-14-6-4-5-7-16(14)18/h4-7,9,11,13,18H,10H2,1-3H3. The Balaban J connectivity index is 2.02. The molecule has 3 rings (SSSR count). The van der Waals surface area contributed by atoms with E-state index >= 15 is 0 Å². The Morgan fingerprint density at radius 3 is 2.61 bits per heavy atom. The van der Waals surface area contributed by atoms with Crippen molar-refractivity contribution in [3.8, 4) is 0 Å². The van der Waals surface area contributed by atoms with Gasteiger partial charge in [-0.25, -0.2) is 0 Å². The van der Waals surface area contributed by atoms with Crippen LogP contribution >= 0.6 is 0 Å². The van der Waals surface area contributed by atoms with Gasteiger partial charge >= 0.3 is 6.18 Å². The van der Waals surface area contributed by atoms with Crippen molar-refractivity contribution in [2.24, 2.45) is 5.92 Å². The molecule has 1 nitrogen and oxygen atoms in total. The van der Waals surface area contributed by atoms with Gasteiger partial charge in [-0.2, -0.15) is 13.2 Å². The van der Waals surface area contributed by atoms with Crippen molar-refractivity contribution < 1.29 is 13.2 Å². The summed E-state index contributed by atoms with van der Waals surface area (Å²) in [5.41, 5.74) is 3.17. The third kappa shape index (κ3) is 2.82. The van der Waals surface area contributed by atoms with Crippen LogP contribution in [0.25, 0.3) is 0 Å². The van der Waals surface area contributed by atoms with Gasteiger partial charge in [0.15, 0.2) is 0 Å². The first-order valence-electron chi connectivity index (χ1n) is 7.69. The predicted octanol–water partition coefficient (Wildman–Crippen LogP) is 5.18. The minimum atomic E-state index is -4.35. The van der Waals surface area contributed by atoms with E-state index in [0.717, 1.165) is 18.1 Å². The second-order valence-corrected chi connectivity index (χ2v) is 6.33. The fraction of sp³-hybridized carbons (Fsp3) is 0.368. The first-order chi connectivity index (χ1) is 10.8. The molecule has 0 aromatic heterocycles. The largest absolute Gasteiger partial charge is 0.416 e. The average molecular weight is 318 g/mol. The zero-order valence-corrected chi connectivity index (χ0v) is 13.4. The van der Waals surface area contributed by atoms with Crippen LogP contribution in [0.5, 0.6) is 0 Å². The summed E-state index contributed by atoms with van der Waals surface area (Å²) in [7, 11) is 1.87. The number of hydrogen-bond acceptors (Lipinski definition) is 1. The number of aryl methyl sites for hydroxylation is 1. The first kappa shape index (κ1) is 15.9. The van der Waals surface area contributed by atoms with Gasteiger partial charge in [0.1, 0.15) is 0 Å². The van der Waals surface area contributed by atoms with Crippen LogP contribution < -0.4 is 4.90 Å². The van der Waals surface area contributed by atoms with Gasteiger partial charge in [0, 0.05) is 12.7 Å². The van der Waals surface area contributed by atoms with Crippen LogP contribution in [0.1, 0.15) is 35.2 Å². The molecule has 0 amide bonds. The molecule has 1 radical (unpaired) electrons. The zero-order valence-electron chi connectivity index (χ0n) is 13.4. The van der Waals surface area contributed by atoms with Gasteiger partial charge in [-0.3, -0.25) is 0 Å². The monoisotopic (exact) mass is 318 g/mol. The van der Waals surface area contributed by atoms with E-state index in [-0.39, 0.29) is 6.04 Å². The number of rotatable bonds is 2. The van der Waals surface area contributed by atoms with Crippen molar-refractivity contribution in [2.45, 2.75) is 32.5 Å². The van der Waals surface area contributed by atoms with Gasteiger partial charge in [0.05, 0.1) is 11.6 Å². The second-order valence-electron chi connectivity index (χ2n) is 6.33. The average Bonchev–Trinajstić information content (AvgIpc) is 2.81. The lowest BCUT2D eigenvalue weighted by Crippen LogP contribution is -2.27. The van der Waals surface area contributed by atoms with Crippen LogP contribution in [0.4, 0.5) is 18.9 Å². The minimum absolute atomic E-state index is 0.0850. The molecule has 0 bridgehead atoms. The van der Waals surface area contributed by atoms with E-state index in [1.807, 2.05) is 24.1 Å². The molecule has 2 unspecified atom stereocenters. The molecule has 4 heteroatoms. The fourth-order valence-electron chi connectivity index (χ4n) is 3.60. The smallest absolute Gasteiger partial charge is 0.367 e. The Labute approximate surface area is 134 Å². The molecule has 0 spiro atoms. The number of benzene rings is 2. The molecule has 0 N–H and O–H groups in total. The zero-order chi connectivity index (χ0) is 16.8. The quantitative estimate of drug-likeness (QED) is 0.737. The van der Waals surface area contributed by atoms with Gasteiger partial charge in [0.2, 0.25) is 0 Å². The lowest BCUT2D eigenvalue weighted by atomic mass is 9.99. The summed E-state index contributed by atoms with van der Waals surface area (Å²) in [5.74, 6) is 0.353. The number of alkyl halides is 3. The van der Waals surface area contributed by atoms with Crippen molar-refractivity contribution in [3.63, 3.8) is 0 Å². The third-order valence-corrected chi connectivity index (χ3v) is 4.70. The van der Waals surface area contributed by atoms with Crippen molar-refractivity contribution in [1.82, 2.24) is 0 Å². The Morgan fingerprint density at radius 2 is 1.91 bits per heavy atom. The molecule has 2 aromatic rings. The highest BCUT2D eigenvalue weighted by atomic mass is 19.4. The molecule has 0 aliphatic heterocycles. The van der Waals surface area contributed by atoms with Crippen LogP contribution in [0, 0.1) is 18.9 Å². The summed E-state index contributed by atoms with van der Waals surface area (Å²) < 4.78 is 39.1.